The molecule has 3 rings (SSSR count). The molecule has 2 aromatic carbocycles. The first-order valence-corrected chi connectivity index (χ1v) is 8.36. The minimum atomic E-state index is -0.566. The monoisotopic (exact) mass is 339 g/mol. The van der Waals surface area contributed by atoms with Crippen LogP contribution in [-0.2, 0) is 22.4 Å². The maximum Gasteiger partial charge on any atom is 0.416 e. The SMILES string of the molecule is C[C@H](Cc1ccc(O)cc1)C(=O)N1C(=O)OC[C@H]1Cc1ccccc1. The summed E-state index contributed by atoms with van der Waals surface area (Å²) in [5.41, 5.74) is 2.00. The summed E-state index contributed by atoms with van der Waals surface area (Å²) in [6.07, 6.45) is 0.522. The van der Waals surface area contributed by atoms with Crippen molar-refractivity contribution < 1.29 is 19.4 Å². The fourth-order valence-electron chi connectivity index (χ4n) is 3.08. The molecule has 1 aliphatic heterocycles. The van der Waals surface area contributed by atoms with Crippen molar-refractivity contribution in [2.45, 2.75) is 25.8 Å². The molecule has 1 saturated heterocycles. The second-order valence-electron chi connectivity index (χ2n) is 6.40. The number of phenolic OH excluding ortho intramolecular Hbond substituents is 1. The second-order valence-corrected chi connectivity index (χ2v) is 6.40. The lowest BCUT2D eigenvalue weighted by Crippen LogP contribution is -2.43. The average molecular weight is 339 g/mol. The van der Waals surface area contributed by atoms with E-state index in [0.29, 0.717) is 12.8 Å². The van der Waals surface area contributed by atoms with Gasteiger partial charge >= 0.3 is 6.09 Å². The smallest absolute Gasteiger partial charge is 0.416 e. The highest BCUT2D eigenvalue weighted by Gasteiger charge is 2.39. The number of hydrogen-bond donors (Lipinski definition) is 1. The molecule has 1 fully saturated rings. The van der Waals surface area contributed by atoms with E-state index in [1.807, 2.05) is 30.3 Å². The van der Waals surface area contributed by atoms with Crippen molar-refractivity contribution in [3.05, 3.63) is 65.7 Å². The van der Waals surface area contributed by atoms with Crippen molar-refractivity contribution in [1.29, 1.82) is 0 Å². The Hall–Kier alpha value is -2.82. The summed E-state index contributed by atoms with van der Waals surface area (Å²) in [6, 6.07) is 16.2. The van der Waals surface area contributed by atoms with Gasteiger partial charge in [0.2, 0.25) is 5.91 Å². The van der Waals surface area contributed by atoms with Gasteiger partial charge in [-0.05, 0) is 36.1 Å². The summed E-state index contributed by atoms with van der Waals surface area (Å²) in [5, 5.41) is 9.35. The molecule has 1 heterocycles. The van der Waals surface area contributed by atoms with Crippen molar-refractivity contribution in [2.24, 2.45) is 5.92 Å². The minimum absolute atomic E-state index is 0.189. The van der Waals surface area contributed by atoms with Crippen LogP contribution in [0.15, 0.2) is 54.6 Å². The number of hydrogen-bond acceptors (Lipinski definition) is 4. The Balaban J connectivity index is 1.69. The Morgan fingerprint density at radius 1 is 1.16 bits per heavy atom. The van der Waals surface area contributed by atoms with Gasteiger partial charge in [0.1, 0.15) is 12.4 Å². The second kappa shape index (κ2) is 7.38. The molecule has 0 bridgehead atoms. The third kappa shape index (κ3) is 3.99. The number of nitrogens with zero attached hydrogens (tertiary/aromatic N) is 1. The molecule has 1 N–H and O–H groups in total. The van der Waals surface area contributed by atoms with Crippen LogP contribution in [0.1, 0.15) is 18.1 Å². The number of ether oxygens (including phenoxy) is 1. The molecular weight excluding hydrogens is 318 g/mol. The number of carbonyl (C=O) groups is 2. The van der Waals surface area contributed by atoms with Crippen molar-refractivity contribution in [1.82, 2.24) is 4.90 Å². The quantitative estimate of drug-likeness (QED) is 0.909. The van der Waals surface area contributed by atoms with E-state index in [-0.39, 0.29) is 30.2 Å². The van der Waals surface area contributed by atoms with Gasteiger partial charge in [-0.15, -0.1) is 0 Å². The fraction of sp³-hybridized carbons (Fsp3) is 0.300. The number of amides is 2. The molecule has 0 saturated carbocycles. The molecule has 2 amide bonds. The van der Waals surface area contributed by atoms with E-state index in [9.17, 15) is 14.7 Å². The molecule has 2 atom stereocenters. The van der Waals surface area contributed by atoms with Crippen LogP contribution in [0.4, 0.5) is 4.79 Å². The molecule has 0 unspecified atom stereocenters. The number of imide groups is 1. The van der Waals surface area contributed by atoms with E-state index in [0.717, 1.165) is 11.1 Å². The summed E-state index contributed by atoms with van der Waals surface area (Å²) in [4.78, 5) is 26.1. The fourth-order valence-corrected chi connectivity index (χ4v) is 3.08. The predicted molar refractivity (Wildman–Crippen MR) is 93.1 cm³/mol. The largest absolute Gasteiger partial charge is 0.508 e. The maximum atomic E-state index is 12.8. The zero-order valence-electron chi connectivity index (χ0n) is 14.1. The van der Waals surface area contributed by atoms with E-state index in [2.05, 4.69) is 0 Å². The highest BCUT2D eigenvalue weighted by atomic mass is 16.6. The Bertz CT molecular complexity index is 742. The normalized spacial score (nSPS) is 18.0. The predicted octanol–water partition coefficient (Wildman–Crippen LogP) is 3.16. The molecule has 2 aromatic rings. The van der Waals surface area contributed by atoms with Crippen LogP contribution in [0.5, 0.6) is 5.75 Å². The summed E-state index contributed by atoms with van der Waals surface area (Å²) in [7, 11) is 0. The third-order valence-corrected chi connectivity index (χ3v) is 4.41. The Morgan fingerprint density at radius 3 is 2.52 bits per heavy atom. The summed E-state index contributed by atoms with van der Waals surface area (Å²) < 4.78 is 5.12. The van der Waals surface area contributed by atoms with Crippen molar-refractivity contribution >= 4 is 12.0 Å². The number of cyclic esters (lactones) is 1. The number of benzene rings is 2. The first-order chi connectivity index (χ1) is 12.0. The standard InChI is InChI=1S/C20H21NO4/c1-14(11-16-7-9-18(22)10-8-16)19(23)21-17(13-25-20(21)24)12-15-5-3-2-4-6-15/h2-10,14,17,22H,11-13H2,1H3/t14-,17-/m1/s1. The van der Waals surface area contributed by atoms with Crippen LogP contribution in [-0.4, -0.2) is 34.7 Å². The van der Waals surface area contributed by atoms with Gasteiger partial charge < -0.3 is 9.84 Å². The topological polar surface area (TPSA) is 66.8 Å². The lowest BCUT2D eigenvalue weighted by molar-refractivity contribution is -0.132. The zero-order chi connectivity index (χ0) is 17.8. The molecule has 0 aliphatic carbocycles. The van der Waals surface area contributed by atoms with Crippen LogP contribution < -0.4 is 0 Å². The molecule has 5 heteroatoms. The lowest BCUT2D eigenvalue weighted by atomic mass is 9.98. The van der Waals surface area contributed by atoms with Gasteiger partial charge in [0.15, 0.2) is 0 Å². The zero-order valence-corrected chi connectivity index (χ0v) is 14.1. The highest BCUT2D eigenvalue weighted by molar-refractivity contribution is 5.94. The summed E-state index contributed by atoms with van der Waals surface area (Å²) >= 11 is 0. The number of aromatic hydroxyl groups is 1. The van der Waals surface area contributed by atoms with Gasteiger partial charge in [-0.3, -0.25) is 4.79 Å². The van der Waals surface area contributed by atoms with Gasteiger partial charge in [0.25, 0.3) is 0 Å². The van der Waals surface area contributed by atoms with Crippen LogP contribution >= 0.6 is 0 Å². The average Bonchev–Trinajstić information content (AvgIpc) is 2.97. The number of rotatable bonds is 5. The molecule has 0 spiro atoms. The van der Waals surface area contributed by atoms with Gasteiger partial charge in [0.05, 0.1) is 6.04 Å². The van der Waals surface area contributed by atoms with E-state index in [1.54, 1.807) is 31.2 Å². The van der Waals surface area contributed by atoms with Crippen LogP contribution in [0, 0.1) is 5.92 Å². The first-order valence-electron chi connectivity index (χ1n) is 8.36. The Morgan fingerprint density at radius 2 is 1.84 bits per heavy atom. The lowest BCUT2D eigenvalue weighted by Gasteiger charge is -2.23. The van der Waals surface area contributed by atoms with Gasteiger partial charge in [-0.1, -0.05) is 49.4 Å². The molecule has 25 heavy (non-hydrogen) atoms. The van der Waals surface area contributed by atoms with E-state index in [4.69, 9.17) is 4.74 Å². The van der Waals surface area contributed by atoms with Crippen LogP contribution in [0.3, 0.4) is 0 Å². The minimum Gasteiger partial charge on any atom is -0.508 e. The Labute approximate surface area is 146 Å². The maximum absolute atomic E-state index is 12.8. The third-order valence-electron chi connectivity index (χ3n) is 4.41. The molecule has 0 radical (unpaired) electrons. The van der Waals surface area contributed by atoms with E-state index >= 15 is 0 Å². The van der Waals surface area contributed by atoms with Gasteiger partial charge in [-0.2, -0.15) is 0 Å². The molecular formula is C20H21NO4. The van der Waals surface area contributed by atoms with Gasteiger partial charge in [0, 0.05) is 5.92 Å². The van der Waals surface area contributed by atoms with Crippen LogP contribution in [0.2, 0.25) is 0 Å². The number of carbonyl (C=O) groups excluding carboxylic acids is 2. The number of phenols is 1. The van der Waals surface area contributed by atoms with Crippen molar-refractivity contribution in [3.63, 3.8) is 0 Å². The highest BCUT2D eigenvalue weighted by Crippen LogP contribution is 2.22. The molecule has 130 valence electrons. The van der Waals surface area contributed by atoms with E-state index < -0.39 is 6.09 Å². The summed E-state index contributed by atoms with van der Waals surface area (Å²) in [6.45, 7) is 2.03. The summed E-state index contributed by atoms with van der Waals surface area (Å²) in [5.74, 6) is -0.390. The molecule has 5 nitrogen and oxygen atoms in total. The van der Waals surface area contributed by atoms with Crippen molar-refractivity contribution in [3.8, 4) is 5.75 Å². The Kier molecular flexibility index (Phi) is 5.03. The van der Waals surface area contributed by atoms with Gasteiger partial charge in [-0.25, -0.2) is 9.69 Å². The van der Waals surface area contributed by atoms with Crippen LogP contribution in [0.25, 0.3) is 0 Å². The first kappa shape index (κ1) is 17.0. The molecule has 1 aliphatic rings. The molecule has 0 aromatic heterocycles. The van der Waals surface area contributed by atoms with E-state index in [1.165, 1.54) is 4.90 Å². The van der Waals surface area contributed by atoms with Crippen molar-refractivity contribution in [2.75, 3.05) is 6.61 Å².